The Morgan fingerprint density at radius 2 is 1.83 bits per heavy atom. The molecule has 3 aromatic rings. The van der Waals surface area contributed by atoms with Gasteiger partial charge in [-0.2, -0.15) is 0 Å². The molecule has 2 aliphatic heterocycles. The molecule has 2 aliphatic rings. The molecule has 2 saturated heterocycles. The number of para-hydroxylation sites is 1. The lowest BCUT2D eigenvalue weighted by Crippen LogP contribution is -2.75. The predicted octanol–water partition coefficient (Wildman–Crippen LogP) is 1.57. The van der Waals surface area contributed by atoms with Gasteiger partial charge in [-0.25, -0.2) is 9.99 Å². The predicted molar refractivity (Wildman–Crippen MR) is 152 cm³/mol. The molecular formula is C30H36N6O6. The number of aryl methyl sites for hydroxylation is 2. The van der Waals surface area contributed by atoms with E-state index in [0.29, 0.717) is 23.7 Å². The van der Waals surface area contributed by atoms with Gasteiger partial charge in [0.15, 0.2) is 11.5 Å². The van der Waals surface area contributed by atoms with Gasteiger partial charge >= 0.3 is 0 Å². The number of aromatic hydroxyl groups is 1. The van der Waals surface area contributed by atoms with Crippen LogP contribution in [0, 0.1) is 0 Å². The first-order valence-corrected chi connectivity index (χ1v) is 13.8. The second-order valence-corrected chi connectivity index (χ2v) is 10.5. The van der Waals surface area contributed by atoms with E-state index in [1.165, 1.54) is 0 Å². The Kier molecular flexibility index (Phi) is 8.34. The van der Waals surface area contributed by atoms with Gasteiger partial charge in [-0.15, -0.1) is 0 Å². The molecule has 2 fully saturated rings. The van der Waals surface area contributed by atoms with E-state index in [4.69, 9.17) is 9.47 Å². The zero-order chi connectivity index (χ0) is 30.0. The van der Waals surface area contributed by atoms with Crippen LogP contribution in [0.4, 0.5) is 0 Å². The quantitative estimate of drug-likeness (QED) is 0.408. The largest absolute Gasteiger partial charge is 0.508 e. The summed E-state index contributed by atoms with van der Waals surface area (Å²) >= 11 is 0. The smallest absolute Gasteiger partial charge is 0.246 e. The lowest BCUT2D eigenvalue weighted by atomic mass is 9.98. The number of hydrogen-bond acceptors (Lipinski definition) is 8. The molecule has 0 spiro atoms. The van der Waals surface area contributed by atoms with Crippen molar-refractivity contribution < 1.29 is 29.0 Å². The molecule has 3 heterocycles. The molecule has 0 aliphatic carbocycles. The topological polar surface area (TPSA) is 121 Å². The lowest BCUT2D eigenvalue weighted by molar-refractivity contribution is -0.203. The van der Waals surface area contributed by atoms with E-state index in [1.807, 2.05) is 29.9 Å². The van der Waals surface area contributed by atoms with Gasteiger partial charge in [-0.1, -0.05) is 24.3 Å². The first-order chi connectivity index (χ1) is 20.2. The fourth-order valence-corrected chi connectivity index (χ4v) is 5.80. The van der Waals surface area contributed by atoms with Gasteiger partial charge in [0.1, 0.15) is 23.8 Å². The molecule has 0 saturated carbocycles. The Hall–Kier alpha value is -4.58. The summed E-state index contributed by atoms with van der Waals surface area (Å²) < 4.78 is 12.8. The third-order valence-corrected chi connectivity index (χ3v) is 7.91. The Morgan fingerprint density at radius 3 is 2.50 bits per heavy atom. The number of phenols is 1. The molecule has 1 aromatic heterocycles. The normalized spacial score (nSPS) is 19.2. The van der Waals surface area contributed by atoms with Crippen LogP contribution in [0.5, 0.6) is 17.2 Å². The minimum atomic E-state index is -0.830. The summed E-state index contributed by atoms with van der Waals surface area (Å²) in [6.45, 7) is 0.339. The highest BCUT2D eigenvalue weighted by Gasteiger charge is 2.50. The molecule has 1 N–H and O–H groups in total. The Labute approximate surface area is 244 Å². The van der Waals surface area contributed by atoms with E-state index < -0.39 is 12.2 Å². The number of benzene rings is 2. The third-order valence-electron chi connectivity index (χ3n) is 7.91. The van der Waals surface area contributed by atoms with E-state index in [1.54, 1.807) is 77.6 Å². The molecule has 222 valence electrons. The number of hydrogen-bond donors (Lipinski definition) is 1. The van der Waals surface area contributed by atoms with Crippen LogP contribution in [0.3, 0.4) is 0 Å². The zero-order valence-electron chi connectivity index (χ0n) is 24.3. The first kappa shape index (κ1) is 28.9. The number of hydrazine groups is 1. The van der Waals surface area contributed by atoms with E-state index in [2.05, 4.69) is 4.98 Å². The third kappa shape index (κ3) is 5.62. The number of methoxy groups -OCH3 is 2. The molecular weight excluding hydrogens is 540 g/mol. The maximum absolute atomic E-state index is 13.9. The maximum atomic E-state index is 13.9. The fourth-order valence-electron chi connectivity index (χ4n) is 5.80. The van der Waals surface area contributed by atoms with Gasteiger partial charge < -0.3 is 28.9 Å². The number of carbonyl (C=O) groups excluding carboxylic acids is 3. The zero-order valence-corrected chi connectivity index (χ0v) is 24.3. The highest BCUT2D eigenvalue weighted by atomic mass is 16.5. The second-order valence-electron chi connectivity index (χ2n) is 10.5. The van der Waals surface area contributed by atoms with Gasteiger partial charge in [0, 0.05) is 39.3 Å². The summed E-state index contributed by atoms with van der Waals surface area (Å²) in [5.41, 5.74) is 1.62. The molecule has 12 heteroatoms. The fraction of sp³-hybridized carbons (Fsp3) is 0.400. The minimum Gasteiger partial charge on any atom is -0.508 e. The summed E-state index contributed by atoms with van der Waals surface area (Å²) in [5, 5.41) is 13.0. The van der Waals surface area contributed by atoms with E-state index >= 15 is 0 Å². The number of fused-ring (bicyclic) bond motifs is 1. The van der Waals surface area contributed by atoms with Crippen molar-refractivity contribution >= 4 is 17.7 Å². The van der Waals surface area contributed by atoms with Crippen molar-refractivity contribution in [3.63, 3.8) is 0 Å². The second kappa shape index (κ2) is 12.1. The number of likely N-dealkylation sites (N-methyl/N-ethyl adjacent to an activating group) is 1. The summed E-state index contributed by atoms with van der Waals surface area (Å²) in [6.07, 6.45) is 3.58. The SMILES string of the molecule is COc1cccc(CCC(=O)N2C3CN(Cc4nccn4C)C(=O)[C@H](Cc4ccc(O)cc4)N3C(=O)CN2C)c1OC. The van der Waals surface area contributed by atoms with Crippen molar-refractivity contribution in [2.75, 3.05) is 34.4 Å². The number of rotatable bonds is 9. The molecule has 42 heavy (non-hydrogen) atoms. The van der Waals surface area contributed by atoms with Crippen LogP contribution < -0.4 is 9.47 Å². The van der Waals surface area contributed by atoms with Crippen LogP contribution in [0.25, 0.3) is 0 Å². The molecule has 1 unspecified atom stereocenters. The number of piperazine rings is 1. The van der Waals surface area contributed by atoms with E-state index in [9.17, 15) is 19.5 Å². The number of carbonyl (C=O) groups is 3. The van der Waals surface area contributed by atoms with Crippen LogP contribution >= 0.6 is 0 Å². The number of ether oxygens (including phenoxy) is 2. The number of imidazole rings is 1. The van der Waals surface area contributed by atoms with Gasteiger partial charge in [0.2, 0.25) is 17.7 Å². The number of amides is 3. The van der Waals surface area contributed by atoms with E-state index in [-0.39, 0.29) is 55.9 Å². The first-order valence-electron chi connectivity index (χ1n) is 13.8. The van der Waals surface area contributed by atoms with Crippen molar-refractivity contribution in [3.8, 4) is 17.2 Å². The summed E-state index contributed by atoms with van der Waals surface area (Å²) in [7, 11) is 6.70. The molecule has 3 amide bonds. The van der Waals surface area contributed by atoms with Gasteiger partial charge in [-0.05, 0) is 35.7 Å². The van der Waals surface area contributed by atoms with Crippen LogP contribution in [0.15, 0.2) is 54.9 Å². The highest BCUT2D eigenvalue weighted by Crippen LogP contribution is 2.33. The molecule has 2 aromatic carbocycles. The Morgan fingerprint density at radius 1 is 1.07 bits per heavy atom. The van der Waals surface area contributed by atoms with Crippen molar-refractivity contribution in [3.05, 3.63) is 71.8 Å². The molecule has 12 nitrogen and oxygen atoms in total. The molecule has 5 rings (SSSR count). The number of aromatic nitrogens is 2. The van der Waals surface area contributed by atoms with Crippen LogP contribution in [-0.4, -0.2) is 98.8 Å². The Bertz CT molecular complexity index is 1460. The average molecular weight is 577 g/mol. The van der Waals surface area contributed by atoms with Crippen molar-refractivity contribution in [1.29, 1.82) is 0 Å². The van der Waals surface area contributed by atoms with E-state index in [0.717, 1.165) is 11.1 Å². The standard InChI is InChI=1S/C30H36N6O6/c1-32-15-14-31-25(32)17-34-18-26-35(23(30(34)40)16-20-8-11-22(37)12-9-20)28(39)19-33(2)36(26)27(38)13-10-21-6-5-7-24(41-3)29(21)42-4/h5-9,11-12,14-15,23,26,37H,10,13,16-19H2,1-4H3/t23-,26?/m0/s1. The highest BCUT2D eigenvalue weighted by molar-refractivity contribution is 5.91. The van der Waals surface area contributed by atoms with Crippen LogP contribution in [-0.2, 0) is 40.8 Å². The molecule has 0 bridgehead atoms. The molecule has 0 radical (unpaired) electrons. The number of nitrogens with zero attached hydrogens (tertiary/aromatic N) is 6. The average Bonchev–Trinajstić information content (AvgIpc) is 3.38. The monoisotopic (exact) mass is 576 g/mol. The van der Waals surface area contributed by atoms with Crippen molar-refractivity contribution in [2.24, 2.45) is 7.05 Å². The van der Waals surface area contributed by atoms with Gasteiger partial charge in [-0.3, -0.25) is 19.4 Å². The van der Waals surface area contributed by atoms with Crippen molar-refractivity contribution in [1.82, 2.24) is 29.4 Å². The van der Waals surface area contributed by atoms with Gasteiger partial charge in [0.05, 0.1) is 33.9 Å². The van der Waals surface area contributed by atoms with Gasteiger partial charge in [0.25, 0.3) is 0 Å². The number of phenolic OH excluding ortho intramolecular Hbond substituents is 1. The Balaban J connectivity index is 1.45. The summed E-state index contributed by atoms with van der Waals surface area (Å²) in [6, 6.07) is 11.3. The summed E-state index contributed by atoms with van der Waals surface area (Å²) in [4.78, 5) is 49.0. The maximum Gasteiger partial charge on any atom is 0.246 e. The van der Waals surface area contributed by atoms with Crippen LogP contribution in [0.1, 0.15) is 23.4 Å². The summed E-state index contributed by atoms with van der Waals surface area (Å²) in [5.74, 6) is 1.35. The minimum absolute atomic E-state index is 0.0382. The van der Waals surface area contributed by atoms with Crippen molar-refractivity contribution in [2.45, 2.75) is 38.0 Å². The van der Waals surface area contributed by atoms with Crippen LogP contribution in [0.2, 0.25) is 0 Å². The lowest BCUT2D eigenvalue weighted by Gasteiger charge is -2.54. The molecule has 2 atom stereocenters.